The zero-order valence-corrected chi connectivity index (χ0v) is 22.1. The van der Waals surface area contributed by atoms with Crippen molar-refractivity contribution in [2.45, 2.75) is 74.1 Å². The highest BCUT2D eigenvalue weighted by Gasteiger charge is 2.59. The number of aromatic nitrogens is 2. The molecule has 0 aromatic carbocycles. The fourth-order valence-corrected chi connectivity index (χ4v) is 5.27. The minimum Gasteiger partial charge on any atom is -0.477 e. The van der Waals surface area contributed by atoms with E-state index in [4.69, 9.17) is 24.3 Å². The molecule has 2 unspecified atom stereocenters. The first-order valence-corrected chi connectivity index (χ1v) is 13.4. The number of carbonyl (C=O) groups excluding carboxylic acids is 1. The second-order valence-corrected chi connectivity index (χ2v) is 10.7. The number of aliphatic hydroxyl groups is 6. The van der Waals surface area contributed by atoms with Crippen LogP contribution in [0.5, 0.6) is 0 Å². The fourth-order valence-electron chi connectivity index (χ4n) is 4.32. The van der Waals surface area contributed by atoms with Gasteiger partial charge in [0.1, 0.15) is 42.4 Å². The third-order valence-corrected chi connectivity index (χ3v) is 7.32. The predicted molar refractivity (Wildman–Crippen MR) is 128 cm³/mol. The number of aliphatic carboxylic acids is 1. The summed E-state index contributed by atoms with van der Waals surface area (Å²) < 4.78 is 33.7. The number of nitrogen functional groups attached to an aromatic ring is 1. The zero-order valence-electron chi connectivity index (χ0n) is 21.2. The first-order chi connectivity index (χ1) is 19.0. The third-order valence-electron chi connectivity index (χ3n) is 6.31. The van der Waals surface area contributed by atoms with Gasteiger partial charge in [0.2, 0.25) is 5.91 Å². The number of hydrogen-bond donors (Lipinski definition) is 10. The molecule has 1 aromatic rings. The first kappa shape index (κ1) is 32.9. The normalized spacial score (nSPS) is 34.9. The maximum absolute atomic E-state index is 12.8. The molecule has 2 fully saturated rings. The molecule has 0 radical (unpaired) electrons. The van der Waals surface area contributed by atoms with Crippen LogP contribution in [-0.4, -0.2) is 130 Å². The highest BCUT2D eigenvalue weighted by Crippen LogP contribution is 2.51. The number of phosphoric ester groups is 1. The Labute approximate surface area is 230 Å². The van der Waals surface area contributed by atoms with Gasteiger partial charge in [0.25, 0.3) is 5.79 Å². The molecule has 11 N–H and O–H groups in total. The van der Waals surface area contributed by atoms with Gasteiger partial charge in [-0.2, -0.15) is 4.98 Å². The predicted octanol–water partition coefficient (Wildman–Crippen LogP) is -5.27. The fraction of sp³-hybridized carbons (Fsp3) is 0.700. The van der Waals surface area contributed by atoms with Crippen molar-refractivity contribution >= 4 is 25.5 Å². The van der Waals surface area contributed by atoms with Gasteiger partial charge in [-0.15, -0.1) is 0 Å². The van der Waals surface area contributed by atoms with Crippen LogP contribution in [0.15, 0.2) is 17.1 Å². The molecular formula is C20H31N4O16P. The monoisotopic (exact) mass is 614 g/mol. The zero-order chi connectivity index (χ0) is 30.9. The summed E-state index contributed by atoms with van der Waals surface area (Å²) in [6, 6.07) is -0.362. The van der Waals surface area contributed by atoms with E-state index in [2.05, 4.69) is 10.3 Å². The third kappa shape index (κ3) is 7.25. The number of carboxylic acid groups (broad SMARTS) is 1. The van der Waals surface area contributed by atoms with Crippen molar-refractivity contribution in [1.82, 2.24) is 14.9 Å². The molecule has 3 heterocycles. The molecule has 41 heavy (non-hydrogen) atoms. The van der Waals surface area contributed by atoms with E-state index >= 15 is 0 Å². The van der Waals surface area contributed by atoms with Crippen LogP contribution in [0.25, 0.3) is 0 Å². The number of ether oxygens (including phenoxy) is 2. The van der Waals surface area contributed by atoms with Crippen LogP contribution >= 0.6 is 7.82 Å². The number of nitrogens with one attached hydrogen (secondary N) is 1. The molecule has 11 atom stereocenters. The molecule has 20 nitrogen and oxygen atoms in total. The Morgan fingerprint density at radius 1 is 1.32 bits per heavy atom. The largest absolute Gasteiger partial charge is 0.477 e. The van der Waals surface area contributed by atoms with Crippen molar-refractivity contribution < 1.29 is 73.3 Å². The molecule has 0 spiro atoms. The van der Waals surface area contributed by atoms with Crippen LogP contribution in [0.3, 0.4) is 0 Å². The van der Waals surface area contributed by atoms with Crippen molar-refractivity contribution in [3.05, 3.63) is 22.7 Å². The van der Waals surface area contributed by atoms with E-state index in [1.54, 1.807) is 0 Å². The second kappa shape index (κ2) is 12.7. The Morgan fingerprint density at radius 2 is 1.98 bits per heavy atom. The molecular weight excluding hydrogens is 583 g/mol. The number of rotatable bonds is 11. The number of anilines is 1. The highest BCUT2D eigenvalue weighted by molar-refractivity contribution is 7.47. The Bertz CT molecular complexity index is 1220. The number of carbonyl (C=O) groups is 2. The average Bonchev–Trinajstić information content (AvgIpc) is 3.16. The van der Waals surface area contributed by atoms with E-state index in [-0.39, 0.29) is 5.82 Å². The maximum atomic E-state index is 12.8. The number of nitrogens with two attached hydrogens (primary N) is 1. The lowest BCUT2D eigenvalue weighted by Gasteiger charge is -2.46. The van der Waals surface area contributed by atoms with E-state index in [0.29, 0.717) is 0 Å². The van der Waals surface area contributed by atoms with Gasteiger partial charge in [0.05, 0.1) is 25.4 Å². The minimum atomic E-state index is -5.52. The molecule has 2 aliphatic heterocycles. The molecule has 21 heteroatoms. The average molecular weight is 614 g/mol. The molecule has 3 rings (SSSR count). The molecule has 2 saturated heterocycles. The Morgan fingerprint density at radius 3 is 2.54 bits per heavy atom. The van der Waals surface area contributed by atoms with Gasteiger partial charge in [-0.3, -0.25) is 13.9 Å². The summed E-state index contributed by atoms with van der Waals surface area (Å²) in [5.74, 6) is -6.20. The van der Waals surface area contributed by atoms with Crippen LogP contribution in [0.4, 0.5) is 5.82 Å². The van der Waals surface area contributed by atoms with Gasteiger partial charge in [-0.1, -0.05) is 0 Å². The van der Waals surface area contributed by atoms with Gasteiger partial charge < -0.3 is 61.2 Å². The van der Waals surface area contributed by atoms with E-state index in [1.165, 1.54) is 6.07 Å². The van der Waals surface area contributed by atoms with Gasteiger partial charge >= 0.3 is 19.5 Å². The lowest BCUT2D eigenvalue weighted by molar-refractivity contribution is -0.289. The van der Waals surface area contributed by atoms with E-state index in [0.717, 1.165) is 17.7 Å². The number of nitrogens with zero attached hydrogens (tertiary/aromatic N) is 2. The van der Waals surface area contributed by atoms with Gasteiger partial charge in [0, 0.05) is 19.5 Å². The first-order valence-electron chi connectivity index (χ1n) is 11.9. The van der Waals surface area contributed by atoms with Crippen molar-refractivity contribution in [2.24, 2.45) is 0 Å². The molecule has 1 aromatic heterocycles. The molecule has 2 aliphatic rings. The lowest BCUT2D eigenvalue weighted by Crippen LogP contribution is -2.67. The highest BCUT2D eigenvalue weighted by atomic mass is 31.2. The number of carboxylic acids is 1. The van der Waals surface area contributed by atoms with E-state index in [1.807, 2.05) is 0 Å². The smallest absolute Gasteiger partial charge is 0.475 e. The quantitative estimate of drug-likeness (QED) is 0.104. The van der Waals surface area contributed by atoms with Crippen molar-refractivity contribution in [2.75, 3.05) is 18.9 Å². The minimum absolute atomic E-state index is 0.135. The van der Waals surface area contributed by atoms with E-state index < -0.39 is 106 Å². The van der Waals surface area contributed by atoms with Gasteiger partial charge in [-0.05, 0) is 6.07 Å². The van der Waals surface area contributed by atoms with Crippen molar-refractivity contribution in [1.29, 1.82) is 0 Å². The molecule has 1 amide bonds. The summed E-state index contributed by atoms with van der Waals surface area (Å²) in [5.41, 5.74) is 4.46. The SMILES string of the molecule is CC(=O)N[C@H]1[C@H]([C@H](O)[C@H](O)CO)O[C@](OP(=O)(O)OC[C@H]2O[C@@H](n3ccc(N)nc3=O)C(O)[C@H]2O)(C(=O)O)C[C@@H]1O. The number of aliphatic hydroxyl groups excluding tert-OH is 6. The molecule has 0 bridgehead atoms. The van der Waals surface area contributed by atoms with Crippen molar-refractivity contribution in [3.63, 3.8) is 0 Å². The van der Waals surface area contributed by atoms with Crippen LogP contribution in [0.1, 0.15) is 19.6 Å². The van der Waals surface area contributed by atoms with Gasteiger partial charge in [0.15, 0.2) is 6.23 Å². The summed E-state index contributed by atoms with van der Waals surface area (Å²) in [6.45, 7) is -1.05. The summed E-state index contributed by atoms with van der Waals surface area (Å²) in [5, 5.41) is 72.7. The summed E-state index contributed by atoms with van der Waals surface area (Å²) in [6.07, 6.45) is -14.6. The maximum Gasteiger partial charge on any atom is 0.475 e. The van der Waals surface area contributed by atoms with Crippen LogP contribution in [0, 0.1) is 0 Å². The second-order valence-electron chi connectivity index (χ2n) is 9.32. The van der Waals surface area contributed by atoms with Crippen molar-refractivity contribution in [3.8, 4) is 0 Å². The Balaban J connectivity index is 1.79. The number of hydrogen-bond acceptors (Lipinski definition) is 16. The summed E-state index contributed by atoms with van der Waals surface area (Å²) in [4.78, 5) is 49.6. The molecule has 232 valence electrons. The van der Waals surface area contributed by atoms with E-state index in [9.17, 15) is 59.6 Å². The summed E-state index contributed by atoms with van der Waals surface area (Å²) >= 11 is 0. The molecule has 0 aliphatic carbocycles. The summed E-state index contributed by atoms with van der Waals surface area (Å²) in [7, 11) is -5.52. The van der Waals surface area contributed by atoms with Crippen LogP contribution in [-0.2, 0) is 32.7 Å². The lowest BCUT2D eigenvalue weighted by atomic mass is 9.88. The Hall–Kier alpha value is -2.59. The van der Waals surface area contributed by atoms with Crippen LogP contribution in [0.2, 0.25) is 0 Å². The van der Waals surface area contributed by atoms with Gasteiger partial charge in [-0.25, -0.2) is 18.7 Å². The topological polar surface area (TPSA) is 323 Å². The molecule has 0 saturated carbocycles. The Kier molecular flexibility index (Phi) is 10.2. The number of amides is 1. The standard InChI is InChI=1S/C20H31N4O16P/c1-7(26)22-12-8(27)4-20(18(32)33,39-16(12)13(29)9(28)5-25)40-41(35,36)37-6-10-14(30)15(31)17(38-10)24-3-2-11(21)23-19(24)34/h2-3,8-10,12-17,25,27-31H,4-6H2,1H3,(H,22,26)(H,32,33)(H,35,36)(H2,21,23,34)/t8-,9+,10+,12+,13+,14-,15?,16+,17+,20+/m0/s1. The number of phosphoric acid groups is 1. The van der Waals surface area contributed by atoms with Crippen LogP contribution < -0.4 is 16.7 Å².